The molecule has 0 amide bonds. The topological polar surface area (TPSA) is 34.1 Å². The van der Waals surface area contributed by atoms with E-state index in [1.807, 2.05) is 45.2 Å². The fourth-order valence-electron chi connectivity index (χ4n) is 2.16. The minimum absolute atomic E-state index is 0.0150. The molecule has 106 valence electrons. The van der Waals surface area contributed by atoms with Crippen LogP contribution in [0.2, 0.25) is 5.02 Å². The molecule has 0 aliphatic heterocycles. The lowest BCUT2D eigenvalue weighted by Gasteiger charge is -2.19. The highest BCUT2D eigenvalue weighted by molar-refractivity contribution is 6.31. The third-order valence-corrected chi connectivity index (χ3v) is 3.28. The molecular formula is C16H19ClN2O. The molecule has 0 bridgehead atoms. The molecule has 2 aromatic rings. The van der Waals surface area contributed by atoms with E-state index in [0.717, 1.165) is 16.9 Å². The van der Waals surface area contributed by atoms with E-state index in [1.54, 1.807) is 12.4 Å². The van der Waals surface area contributed by atoms with E-state index >= 15 is 0 Å². The second-order valence-corrected chi connectivity index (χ2v) is 5.27. The molecule has 0 saturated heterocycles. The van der Waals surface area contributed by atoms with E-state index in [9.17, 15) is 0 Å². The highest BCUT2D eigenvalue weighted by atomic mass is 35.5. The summed E-state index contributed by atoms with van der Waals surface area (Å²) in [7, 11) is 1.91. The van der Waals surface area contributed by atoms with E-state index in [1.165, 1.54) is 0 Å². The molecule has 0 aliphatic rings. The summed E-state index contributed by atoms with van der Waals surface area (Å²) in [5.41, 5.74) is 2.12. The third kappa shape index (κ3) is 3.50. The van der Waals surface area contributed by atoms with Crippen LogP contribution in [0.1, 0.15) is 31.0 Å². The molecule has 0 saturated carbocycles. The van der Waals surface area contributed by atoms with Crippen molar-refractivity contribution in [3.05, 3.63) is 58.9 Å². The maximum atomic E-state index is 6.24. The molecule has 20 heavy (non-hydrogen) atoms. The number of nitrogens with one attached hydrogen (secondary N) is 1. The van der Waals surface area contributed by atoms with Crippen LogP contribution in [0.3, 0.4) is 0 Å². The zero-order chi connectivity index (χ0) is 14.5. The van der Waals surface area contributed by atoms with E-state index in [4.69, 9.17) is 16.3 Å². The summed E-state index contributed by atoms with van der Waals surface area (Å²) in [5, 5.41) is 3.94. The Hall–Kier alpha value is -1.58. The Morgan fingerprint density at radius 2 is 2.05 bits per heavy atom. The van der Waals surface area contributed by atoms with Gasteiger partial charge in [0.15, 0.2) is 0 Å². The zero-order valence-corrected chi connectivity index (χ0v) is 12.7. The molecule has 0 aliphatic carbocycles. The van der Waals surface area contributed by atoms with Crippen LogP contribution in [-0.2, 0) is 0 Å². The number of rotatable bonds is 5. The minimum Gasteiger partial charge on any atom is -0.491 e. The number of benzene rings is 1. The highest BCUT2D eigenvalue weighted by Crippen LogP contribution is 2.29. The monoisotopic (exact) mass is 290 g/mol. The normalized spacial score (nSPS) is 12.4. The van der Waals surface area contributed by atoms with Crippen molar-refractivity contribution >= 4 is 11.6 Å². The van der Waals surface area contributed by atoms with Crippen LogP contribution in [0.15, 0.2) is 42.7 Å². The fourth-order valence-corrected chi connectivity index (χ4v) is 2.39. The third-order valence-electron chi connectivity index (χ3n) is 2.97. The molecule has 1 unspecified atom stereocenters. The van der Waals surface area contributed by atoms with Gasteiger partial charge in [-0.05, 0) is 50.2 Å². The molecule has 1 aromatic heterocycles. The Morgan fingerprint density at radius 1 is 1.25 bits per heavy atom. The van der Waals surface area contributed by atoms with E-state index in [0.29, 0.717) is 5.02 Å². The van der Waals surface area contributed by atoms with Gasteiger partial charge in [-0.15, -0.1) is 0 Å². The number of halogens is 1. The van der Waals surface area contributed by atoms with Crippen molar-refractivity contribution in [2.24, 2.45) is 0 Å². The van der Waals surface area contributed by atoms with Gasteiger partial charge in [-0.1, -0.05) is 23.7 Å². The maximum Gasteiger partial charge on any atom is 0.120 e. The van der Waals surface area contributed by atoms with E-state index < -0.39 is 0 Å². The van der Waals surface area contributed by atoms with Crippen LogP contribution in [-0.4, -0.2) is 18.1 Å². The van der Waals surface area contributed by atoms with Crippen LogP contribution in [0.5, 0.6) is 5.75 Å². The summed E-state index contributed by atoms with van der Waals surface area (Å²) in [6.45, 7) is 4.03. The molecule has 1 heterocycles. The summed E-state index contributed by atoms with van der Waals surface area (Å²) in [5.74, 6) is 0.864. The summed E-state index contributed by atoms with van der Waals surface area (Å²) in [4.78, 5) is 4.03. The fraction of sp³-hybridized carbons (Fsp3) is 0.312. The van der Waals surface area contributed by atoms with Crippen LogP contribution in [0.4, 0.5) is 0 Å². The number of pyridine rings is 1. The summed E-state index contributed by atoms with van der Waals surface area (Å²) >= 11 is 6.24. The maximum absolute atomic E-state index is 6.24. The smallest absolute Gasteiger partial charge is 0.120 e. The van der Waals surface area contributed by atoms with Crippen molar-refractivity contribution < 1.29 is 4.74 Å². The quantitative estimate of drug-likeness (QED) is 0.909. The average molecular weight is 291 g/mol. The van der Waals surface area contributed by atoms with Gasteiger partial charge in [0.05, 0.1) is 17.2 Å². The van der Waals surface area contributed by atoms with Gasteiger partial charge in [-0.25, -0.2) is 0 Å². The first-order valence-electron chi connectivity index (χ1n) is 6.65. The second-order valence-electron chi connectivity index (χ2n) is 4.86. The van der Waals surface area contributed by atoms with Crippen molar-refractivity contribution in [2.75, 3.05) is 7.05 Å². The van der Waals surface area contributed by atoms with Crippen molar-refractivity contribution in [3.63, 3.8) is 0 Å². The molecule has 1 N–H and O–H groups in total. The van der Waals surface area contributed by atoms with Crippen LogP contribution >= 0.6 is 11.6 Å². The standard InChI is InChI=1S/C16H19ClN2O/c1-11(2)20-13-6-4-5-12(9-13)16(18-3)14-7-8-19-10-15(14)17/h4-11,16,18H,1-3H3. The molecular weight excluding hydrogens is 272 g/mol. The van der Waals surface area contributed by atoms with Crippen molar-refractivity contribution in [3.8, 4) is 5.75 Å². The number of nitrogens with zero attached hydrogens (tertiary/aromatic N) is 1. The van der Waals surface area contributed by atoms with Crippen LogP contribution in [0, 0.1) is 0 Å². The number of ether oxygens (including phenoxy) is 1. The van der Waals surface area contributed by atoms with Crippen molar-refractivity contribution in [1.82, 2.24) is 10.3 Å². The van der Waals surface area contributed by atoms with Gasteiger partial charge in [-0.3, -0.25) is 4.98 Å². The summed E-state index contributed by atoms with van der Waals surface area (Å²) in [6.07, 6.45) is 3.57. The molecule has 0 radical (unpaired) electrons. The molecule has 4 heteroatoms. The first-order chi connectivity index (χ1) is 9.61. The number of aromatic nitrogens is 1. The van der Waals surface area contributed by atoms with E-state index in [2.05, 4.69) is 16.4 Å². The Kier molecular flexibility index (Phi) is 4.99. The van der Waals surface area contributed by atoms with Crippen molar-refractivity contribution in [2.45, 2.75) is 26.0 Å². The highest BCUT2D eigenvalue weighted by Gasteiger charge is 2.15. The van der Waals surface area contributed by atoms with Gasteiger partial charge in [0.2, 0.25) is 0 Å². The Labute approximate surface area is 124 Å². The molecule has 0 fully saturated rings. The average Bonchev–Trinajstić information content (AvgIpc) is 2.41. The van der Waals surface area contributed by atoms with Gasteiger partial charge in [0.1, 0.15) is 5.75 Å². The van der Waals surface area contributed by atoms with E-state index in [-0.39, 0.29) is 12.1 Å². The van der Waals surface area contributed by atoms with Crippen LogP contribution < -0.4 is 10.1 Å². The minimum atomic E-state index is 0.0150. The summed E-state index contributed by atoms with van der Waals surface area (Å²) < 4.78 is 5.74. The molecule has 0 spiro atoms. The summed E-state index contributed by atoms with van der Waals surface area (Å²) in [6, 6.07) is 10.0. The second kappa shape index (κ2) is 6.73. The largest absolute Gasteiger partial charge is 0.491 e. The molecule has 3 nitrogen and oxygen atoms in total. The number of hydrogen-bond donors (Lipinski definition) is 1. The molecule has 1 aromatic carbocycles. The lowest BCUT2D eigenvalue weighted by Crippen LogP contribution is -2.18. The zero-order valence-electron chi connectivity index (χ0n) is 11.9. The van der Waals surface area contributed by atoms with Gasteiger partial charge in [-0.2, -0.15) is 0 Å². The molecule has 2 rings (SSSR count). The number of hydrogen-bond acceptors (Lipinski definition) is 3. The van der Waals surface area contributed by atoms with Crippen LogP contribution in [0.25, 0.3) is 0 Å². The Balaban J connectivity index is 2.35. The van der Waals surface area contributed by atoms with Gasteiger partial charge < -0.3 is 10.1 Å². The lowest BCUT2D eigenvalue weighted by atomic mass is 9.99. The van der Waals surface area contributed by atoms with Crippen molar-refractivity contribution in [1.29, 1.82) is 0 Å². The first kappa shape index (κ1) is 14.8. The Bertz CT molecular complexity index is 572. The van der Waals surface area contributed by atoms with Gasteiger partial charge in [0, 0.05) is 12.4 Å². The Morgan fingerprint density at radius 3 is 2.70 bits per heavy atom. The van der Waals surface area contributed by atoms with Gasteiger partial charge >= 0.3 is 0 Å². The first-order valence-corrected chi connectivity index (χ1v) is 7.03. The SMILES string of the molecule is CNC(c1cccc(OC(C)C)c1)c1ccncc1Cl. The lowest BCUT2D eigenvalue weighted by molar-refractivity contribution is 0.242. The predicted octanol–water partition coefficient (Wildman–Crippen LogP) is 3.83. The predicted molar refractivity (Wildman–Crippen MR) is 82.4 cm³/mol. The molecule has 1 atom stereocenters. The van der Waals surface area contributed by atoms with Gasteiger partial charge in [0.25, 0.3) is 0 Å².